The second-order valence-corrected chi connectivity index (χ2v) is 4.12. The molecule has 0 bridgehead atoms. The van der Waals surface area contributed by atoms with Crippen LogP contribution >= 0.6 is 11.6 Å². The Kier molecular flexibility index (Phi) is 5.23. The zero-order valence-corrected chi connectivity index (χ0v) is 9.10. The van der Waals surface area contributed by atoms with Gasteiger partial charge in [0, 0.05) is 25.4 Å². The van der Waals surface area contributed by atoms with Gasteiger partial charge in [0.25, 0.3) is 0 Å². The Morgan fingerprint density at radius 1 is 1.43 bits per heavy atom. The van der Waals surface area contributed by atoms with Gasteiger partial charge in [0.2, 0.25) is 5.91 Å². The fraction of sp³-hybridized carbons (Fsp3) is 0.900. The molecule has 0 saturated carbocycles. The lowest BCUT2D eigenvalue weighted by Gasteiger charge is -2.31. The van der Waals surface area contributed by atoms with Crippen LogP contribution in [0.2, 0.25) is 0 Å². The number of likely N-dealkylation sites (tertiary alicyclic amines) is 1. The molecule has 2 nitrogen and oxygen atoms in total. The van der Waals surface area contributed by atoms with Crippen molar-refractivity contribution in [3.8, 4) is 0 Å². The van der Waals surface area contributed by atoms with Crippen molar-refractivity contribution in [1.29, 1.82) is 0 Å². The van der Waals surface area contributed by atoms with Crippen molar-refractivity contribution < 1.29 is 9.18 Å². The Morgan fingerprint density at radius 2 is 2.07 bits per heavy atom. The first-order chi connectivity index (χ1) is 6.77. The average molecular weight is 222 g/mol. The van der Waals surface area contributed by atoms with Crippen molar-refractivity contribution in [1.82, 2.24) is 4.90 Å². The second kappa shape index (κ2) is 6.23. The van der Waals surface area contributed by atoms with Crippen molar-refractivity contribution >= 4 is 17.5 Å². The van der Waals surface area contributed by atoms with E-state index in [1.807, 2.05) is 4.90 Å². The molecule has 0 unspecified atom stereocenters. The molecule has 1 fully saturated rings. The van der Waals surface area contributed by atoms with Gasteiger partial charge in [-0.15, -0.1) is 11.6 Å². The van der Waals surface area contributed by atoms with Crippen LogP contribution in [0.1, 0.15) is 25.7 Å². The van der Waals surface area contributed by atoms with E-state index in [1.165, 1.54) is 0 Å². The number of halogens is 2. The topological polar surface area (TPSA) is 20.3 Å². The molecular formula is C10H17ClFNO. The number of piperidine rings is 1. The minimum Gasteiger partial charge on any atom is -0.343 e. The number of amides is 1. The zero-order valence-electron chi connectivity index (χ0n) is 8.35. The van der Waals surface area contributed by atoms with Crippen LogP contribution in [-0.4, -0.2) is 36.5 Å². The van der Waals surface area contributed by atoms with Gasteiger partial charge in [0.1, 0.15) is 0 Å². The molecule has 0 aromatic heterocycles. The molecular weight excluding hydrogens is 205 g/mol. The summed E-state index contributed by atoms with van der Waals surface area (Å²) in [5.74, 6) is 1.00. The Labute approximate surface area is 89.4 Å². The third-order valence-corrected chi connectivity index (χ3v) is 2.98. The van der Waals surface area contributed by atoms with Crippen molar-refractivity contribution in [3.63, 3.8) is 0 Å². The van der Waals surface area contributed by atoms with Crippen molar-refractivity contribution in [2.24, 2.45) is 5.92 Å². The van der Waals surface area contributed by atoms with E-state index in [-0.39, 0.29) is 12.6 Å². The quantitative estimate of drug-likeness (QED) is 0.667. The standard InChI is InChI=1S/C10H17ClFNO/c11-5-1-10(14)13-7-3-9(2-6-12)4-8-13/h9H,1-8H2. The van der Waals surface area contributed by atoms with Crippen LogP contribution in [-0.2, 0) is 4.79 Å². The molecule has 1 heterocycles. The lowest BCUT2D eigenvalue weighted by Crippen LogP contribution is -2.38. The van der Waals surface area contributed by atoms with Crippen LogP contribution in [0, 0.1) is 5.92 Å². The first-order valence-electron chi connectivity index (χ1n) is 5.17. The summed E-state index contributed by atoms with van der Waals surface area (Å²) in [4.78, 5) is 13.3. The summed E-state index contributed by atoms with van der Waals surface area (Å²) < 4.78 is 12.1. The molecule has 1 rings (SSSR count). The SMILES string of the molecule is O=C(CCCl)N1CCC(CCF)CC1. The average Bonchev–Trinajstić information content (AvgIpc) is 2.20. The monoisotopic (exact) mass is 221 g/mol. The minimum atomic E-state index is -0.236. The molecule has 82 valence electrons. The summed E-state index contributed by atoms with van der Waals surface area (Å²) in [6, 6.07) is 0. The van der Waals surface area contributed by atoms with E-state index in [2.05, 4.69) is 0 Å². The van der Waals surface area contributed by atoms with E-state index in [0.717, 1.165) is 25.9 Å². The van der Waals surface area contributed by atoms with E-state index in [1.54, 1.807) is 0 Å². The fourth-order valence-corrected chi connectivity index (χ4v) is 2.03. The van der Waals surface area contributed by atoms with E-state index in [9.17, 15) is 9.18 Å². The van der Waals surface area contributed by atoms with Gasteiger partial charge < -0.3 is 4.90 Å². The van der Waals surface area contributed by atoms with Crippen molar-refractivity contribution in [2.45, 2.75) is 25.7 Å². The van der Waals surface area contributed by atoms with Gasteiger partial charge in [-0.2, -0.15) is 0 Å². The first-order valence-corrected chi connectivity index (χ1v) is 5.71. The molecule has 1 aliphatic heterocycles. The summed E-state index contributed by atoms with van der Waals surface area (Å²) in [5.41, 5.74) is 0. The minimum absolute atomic E-state index is 0.138. The molecule has 0 radical (unpaired) electrons. The molecule has 14 heavy (non-hydrogen) atoms. The smallest absolute Gasteiger partial charge is 0.223 e. The van der Waals surface area contributed by atoms with Crippen LogP contribution in [0.25, 0.3) is 0 Å². The summed E-state index contributed by atoms with van der Waals surface area (Å²) >= 11 is 5.50. The van der Waals surface area contributed by atoms with Gasteiger partial charge in [-0.3, -0.25) is 9.18 Å². The first kappa shape index (κ1) is 11.8. The second-order valence-electron chi connectivity index (χ2n) is 3.74. The van der Waals surface area contributed by atoms with Crippen molar-refractivity contribution in [2.75, 3.05) is 25.6 Å². The predicted molar refractivity (Wildman–Crippen MR) is 55.2 cm³/mol. The Morgan fingerprint density at radius 3 is 2.57 bits per heavy atom. The number of carbonyl (C=O) groups is 1. The maximum atomic E-state index is 12.1. The van der Waals surface area contributed by atoms with Gasteiger partial charge in [-0.1, -0.05) is 0 Å². The molecule has 0 spiro atoms. The molecule has 0 atom stereocenters. The van der Waals surface area contributed by atoms with Crippen LogP contribution in [0.3, 0.4) is 0 Å². The van der Waals surface area contributed by atoms with Crippen LogP contribution in [0.5, 0.6) is 0 Å². The summed E-state index contributed by atoms with van der Waals surface area (Å²) in [6.07, 6.45) is 2.96. The summed E-state index contributed by atoms with van der Waals surface area (Å²) in [6.45, 7) is 1.32. The highest BCUT2D eigenvalue weighted by molar-refractivity contribution is 6.18. The number of rotatable bonds is 4. The highest BCUT2D eigenvalue weighted by atomic mass is 35.5. The van der Waals surface area contributed by atoms with Crippen LogP contribution in [0.4, 0.5) is 4.39 Å². The molecule has 0 aromatic rings. The largest absolute Gasteiger partial charge is 0.343 e. The molecule has 0 N–H and O–H groups in total. The number of alkyl halides is 2. The van der Waals surface area contributed by atoms with Gasteiger partial charge >= 0.3 is 0 Å². The third kappa shape index (κ3) is 3.45. The summed E-state index contributed by atoms with van der Waals surface area (Å²) in [7, 11) is 0. The maximum Gasteiger partial charge on any atom is 0.223 e. The molecule has 1 amide bonds. The number of carbonyl (C=O) groups excluding carboxylic acids is 1. The van der Waals surface area contributed by atoms with Gasteiger partial charge in [0.05, 0.1) is 6.67 Å². The van der Waals surface area contributed by atoms with E-state index < -0.39 is 0 Å². The highest BCUT2D eigenvalue weighted by Crippen LogP contribution is 2.20. The number of hydrogen-bond donors (Lipinski definition) is 0. The molecule has 0 aliphatic carbocycles. The number of hydrogen-bond acceptors (Lipinski definition) is 1. The van der Waals surface area contributed by atoms with E-state index in [4.69, 9.17) is 11.6 Å². The zero-order chi connectivity index (χ0) is 10.4. The Balaban J connectivity index is 2.24. The van der Waals surface area contributed by atoms with Crippen molar-refractivity contribution in [3.05, 3.63) is 0 Å². The number of nitrogens with zero attached hydrogens (tertiary/aromatic N) is 1. The lowest BCUT2D eigenvalue weighted by atomic mass is 9.94. The molecule has 4 heteroatoms. The molecule has 1 saturated heterocycles. The van der Waals surface area contributed by atoms with E-state index >= 15 is 0 Å². The van der Waals surface area contributed by atoms with Gasteiger partial charge in [-0.05, 0) is 25.2 Å². The van der Waals surface area contributed by atoms with Gasteiger partial charge in [0.15, 0.2) is 0 Å². The van der Waals surface area contributed by atoms with Crippen LogP contribution < -0.4 is 0 Å². The summed E-state index contributed by atoms with van der Waals surface area (Å²) in [5, 5.41) is 0. The van der Waals surface area contributed by atoms with Crippen LogP contribution in [0.15, 0.2) is 0 Å². The van der Waals surface area contributed by atoms with Gasteiger partial charge in [-0.25, -0.2) is 0 Å². The fourth-order valence-electron chi connectivity index (χ4n) is 1.86. The Hall–Kier alpha value is -0.310. The van der Waals surface area contributed by atoms with E-state index in [0.29, 0.717) is 24.6 Å². The normalized spacial score (nSPS) is 18.6. The highest BCUT2D eigenvalue weighted by Gasteiger charge is 2.21. The Bertz CT molecular complexity index is 181. The predicted octanol–water partition coefficient (Wildman–Crippen LogP) is 2.21. The molecule has 1 aliphatic rings. The lowest BCUT2D eigenvalue weighted by molar-refractivity contribution is -0.132. The maximum absolute atomic E-state index is 12.1. The molecule has 0 aromatic carbocycles. The third-order valence-electron chi connectivity index (χ3n) is 2.79.